The van der Waals surface area contributed by atoms with Gasteiger partial charge in [-0.15, -0.1) is 0 Å². The van der Waals surface area contributed by atoms with Gasteiger partial charge in [-0.3, -0.25) is 9.69 Å². The van der Waals surface area contributed by atoms with Gasteiger partial charge in [-0.05, 0) is 58.9 Å². The van der Waals surface area contributed by atoms with Crippen LogP contribution in [0.1, 0.15) is 46.5 Å². The number of rotatable bonds is 7. The summed E-state index contributed by atoms with van der Waals surface area (Å²) >= 11 is 0. The number of hydrogen-bond acceptors (Lipinski definition) is 4. The molecule has 0 unspecified atom stereocenters. The number of nitrogens with zero attached hydrogens (tertiary/aromatic N) is 2. The largest absolute Gasteiger partial charge is 0.380 e. The molecule has 0 aromatic carbocycles. The Morgan fingerprint density at radius 2 is 2.04 bits per heavy atom. The molecule has 0 aromatic heterocycles. The van der Waals surface area contributed by atoms with Gasteiger partial charge in [0.15, 0.2) is 0 Å². The molecule has 0 spiro atoms. The predicted octanol–water partition coefficient (Wildman–Crippen LogP) is 1.84. The summed E-state index contributed by atoms with van der Waals surface area (Å²) in [6.07, 6.45) is 4.68. The molecule has 0 bridgehead atoms. The highest BCUT2D eigenvalue weighted by molar-refractivity contribution is 6.07. The van der Waals surface area contributed by atoms with Crippen LogP contribution in [0.15, 0.2) is 0 Å². The summed E-state index contributed by atoms with van der Waals surface area (Å²) < 4.78 is 5.75. The van der Waals surface area contributed by atoms with E-state index in [2.05, 4.69) is 10.2 Å². The Balaban J connectivity index is 1.55. The fourth-order valence-electron chi connectivity index (χ4n) is 3.88. The minimum Gasteiger partial charge on any atom is -0.380 e. The average Bonchev–Trinajstić information content (AvgIpc) is 3.32. The zero-order valence-corrected chi connectivity index (χ0v) is 15.2. The number of ether oxygens (including phenoxy) is 1. The summed E-state index contributed by atoms with van der Waals surface area (Å²) in [7, 11) is 0. The van der Waals surface area contributed by atoms with Crippen molar-refractivity contribution >= 4 is 11.9 Å². The van der Waals surface area contributed by atoms with Crippen molar-refractivity contribution in [1.82, 2.24) is 15.1 Å². The first kappa shape index (κ1) is 17.7. The lowest BCUT2D eigenvalue weighted by atomic mass is 9.80. The molecule has 3 fully saturated rings. The van der Waals surface area contributed by atoms with Gasteiger partial charge < -0.3 is 15.0 Å². The van der Waals surface area contributed by atoms with Crippen molar-refractivity contribution in [3.63, 3.8) is 0 Å². The second kappa shape index (κ2) is 7.00. The van der Waals surface area contributed by atoms with Crippen LogP contribution in [-0.4, -0.2) is 66.2 Å². The fraction of sp³-hybridized carbons (Fsp3) is 0.889. The summed E-state index contributed by atoms with van der Waals surface area (Å²) in [5, 5.41) is 2.97. The Morgan fingerprint density at radius 1 is 1.29 bits per heavy atom. The molecule has 2 saturated heterocycles. The Morgan fingerprint density at radius 3 is 2.67 bits per heavy atom. The summed E-state index contributed by atoms with van der Waals surface area (Å²) in [5.41, 5.74) is -0.769. The van der Waals surface area contributed by atoms with Crippen LogP contribution in [0.4, 0.5) is 4.79 Å². The number of carbonyl (C=O) groups excluding carboxylic acids is 2. The molecule has 6 nitrogen and oxygen atoms in total. The lowest BCUT2D eigenvalue weighted by Crippen LogP contribution is -2.56. The lowest BCUT2D eigenvalue weighted by Gasteiger charge is -2.39. The summed E-state index contributed by atoms with van der Waals surface area (Å²) in [6, 6.07) is -0.350. The van der Waals surface area contributed by atoms with Gasteiger partial charge in [0.2, 0.25) is 0 Å². The summed E-state index contributed by atoms with van der Waals surface area (Å²) in [6.45, 7) is 10.1. The first-order valence-electron chi connectivity index (χ1n) is 9.37. The van der Waals surface area contributed by atoms with E-state index in [0.29, 0.717) is 0 Å². The van der Waals surface area contributed by atoms with E-state index in [9.17, 15) is 9.59 Å². The zero-order chi connectivity index (χ0) is 17.3. The van der Waals surface area contributed by atoms with E-state index < -0.39 is 5.54 Å². The van der Waals surface area contributed by atoms with Crippen LogP contribution in [0.25, 0.3) is 0 Å². The Bertz CT molecular complexity index is 492. The van der Waals surface area contributed by atoms with E-state index in [1.807, 2.05) is 20.8 Å². The van der Waals surface area contributed by atoms with Crippen molar-refractivity contribution < 1.29 is 14.3 Å². The number of likely N-dealkylation sites (tertiary alicyclic amines) is 1. The fourth-order valence-corrected chi connectivity index (χ4v) is 3.88. The van der Waals surface area contributed by atoms with Gasteiger partial charge in [-0.25, -0.2) is 4.79 Å². The van der Waals surface area contributed by atoms with Gasteiger partial charge in [0, 0.05) is 31.7 Å². The normalized spacial score (nSPS) is 31.8. The van der Waals surface area contributed by atoms with Gasteiger partial charge in [0.05, 0.1) is 6.61 Å². The number of piperidine rings is 1. The van der Waals surface area contributed by atoms with Gasteiger partial charge in [-0.1, -0.05) is 0 Å². The van der Waals surface area contributed by atoms with E-state index in [1.165, 1.54) is 17.7 Å². The monoisotopic (exact) mass is 337 g/mol. The molecule has 3 aliphatic rings. The van der Waals surface area contributed by atoms with Crippen molar-refractivity contribution in [2.24, 2.45) is 11.8 Å². The number of imide groups is 1. The van der Waals surface area contributed by atoms with Gasteiger partial charge in [0.25, 0.3) is 5.91 Å². The number of amides is 3. The molecule has 2 aliphatic heterocycles. The molecular weight excluding hydrogens is 306 g/mol. The highest BCUT2D eigenvalue weighted by Crippen LogP contribution is 2.33. The van der Waals surface area contributed by atoms with Crippen LogP contribution in [0.5, 0.6) is 0 Å². The third-order valence-corrected chi connectivity index (χ3v) is 5.69. The highest BCUT2D eigenvalue weighted by atomic mass is 16.5. The minimum atomic E-state index is -0.769. The molecule has 0 radical (unpaired) electrons. The molecule has 2 heterocycles. The van der Waals surface area contributed by atoms with Crippen molar-refractivity contribution in [3.05, 3.63) is 0 Å². The molecule has 24 heavy (non-hydrogen) atoms. The standard InChI is InChI=1S/C18H31N3O3/c1-13(2)21-16(22)18(3,19-17(21)23)15-5-4-8-20(11-15)9-10-24-12-14-6-7-14/h13-15H,4-12H2,1-3H3,(H,19,23)/t15-,18-/m1/s1. The quantitative estimate of drug-likeness (QED) is 0.569. The SMILES string of the molecule is CC(C)N1C(=O)N[C@](C)([C@@H]2CCCN(CCOCC3CC3)C2)C1=O. The van der Waals surface area contributed by atoms with Crippen LogP contribution in [0.2, 0.25) is 0 Å². The number of urea groups is 1. The molecule has 1 aliphatic carbocycles. The maximum Gasteiger partial charge on any atom is 0.325 e. The highest BCUT2D eigenvalue weighted by Gasteiger charge is 2.53. The van der Waals surface area contributed by atoms with Crippen molar-refractivity contribution in [2.75, 3.05) is 32.8 Å². The third-order valence-electron chi connectivity index (χ3n) is 5.69. The topological polar surface area (TPSA) is 61.9 Å². The molecule has 136 valence electrons. The van der Waals surface area contributed by atoms with Gasteiger partial charge in [0.1, 0.15) is 5.54 Å². The first-order chi connectivity index (χ1) is 11.4. The van der Waals surface area contributed by atoms with Crippen LogP contribution < -0.4 is 5.32 Å². The molecule has 6 heteroatoms. The molecule has 3 amide bonds. The van der Waals surface area contributed by atoms with E-state index in [4.69, 9.17) is 4.74 Å². The van der Waals surface area contributed by atoms with Crippen molar-refractivity contribution in [3.8, 4) is 0 Å². The second-order valence-corrected chi connectivity index (χ2v) is 8.06. The molecule has 3 rings (SSSR count). The van der Waals surface area contributed by atoms with Crippen LogP contribution in [0, 0.1) is 11.8 Å². The lowest BCUT2D eigenvalue weighted by molar-refractivity contribution is -0.134. The average molecular weight is 337 g/mol. The minimum absolute atomic E-state index is 0.0701. The maximum absolute atomic E-state index is 12.8. The van der Waals surface area contributed by atoms with E-state index >= 15 is 0 Å². The molecular formula is C18H31N3O3. The number of nitrogens with one attached hydrogen (secondary N) is 1. The predicted molar refractivity (Wildman–Crippen MR) is 91.6 cm³/mol. The Hall–Kier alpha value is -1.14. The Labute approximate surface area is 144 Å². The zero-order valence-electron chi connectivity index (χ0n) is 15.2. The van der Waals surface area contributed by atoms with E-state index in [-0.39, 0.29) is 23.9 Å². The Kier molecular flexibility index (Phi) is 5.16. The molecule has 1 N–H and O–H groups in total. The number of carbonyl (C=O) groups is 2. The van der Waals surface area contributed by atoms with Crippen LogP contribution >= 0.6 is 0 Å². The van der Waals surface area contributed by atoms with E-state index in [1.54, 1.807) is 0 Å². The third kappa shape index (κ3) is 3.59. The van der Waals surface area contributed by atoms with Gasteiger partial charge in [-0.2, -0.15) is 0 Å². The molecule has 0 aromatic rings. The van der Waals surface area contributed by atoms with Crippen LogP contribution in [-0.2, 0) is 9.53 Å². The smallest absolute Gasteiger partial charge is 0.325 e. The second-order valence-electron chi connectivity index (χ2n) is 8.06. The van der Waals surface area contributed by atoms with Crippen molar-refractivity contribution in [1.29, 1.82) is 0 Å². The van der Waals surface area contributed by atoms with Crippen molar-refractivity contribution in [2.45, 2.75) is 58.0 Å². The summed E-state index contributed by atoms with van der Waals surface area (Å²) in [5.74, 6) is 0.889. The summed E-state index contributed by atoms with van der Waals surface area (Å²) in [4.78, 5) is 28.8. The molecule has 2 atom stereocenters. The van der Waals surface area contributed by atoms with Crippen LogP contribution in [0.3, 0.4) is 0 Å². The van der Waals surface area contributed by atoms with E-state index in [0.717, 1.165) is 51.6 Å². The molecule has 1 saturated carbocycles. The number of hydrogen-bond donors (Lipinski definition) is 1. The van der Waals surface area contributed by atoms with Gasteiger partial charge >= 0.3 is 6.03 Å². The first-order valence-corrected chi connectivity index (χ1v) is 9.37. The maximum atomic E-state index is 12.8.